The normalized spacial score (nSPS) is 10.1. The van der Waals surface area contributed by atoms with Crippen LogP contribution in [0.15, 0.2) is 49.1 Å². The van der Waals surface area contributed by atoms with E-state index in [1.165, 1.54) is 16.9 Å². The minimum Gasteiger partial charge on any atom is -0.397 e. The summed E-state index contributed by atoms with van der Waals surface area (Å²) < 4.78 is 0. The van der Waals surface area contributed by atoms with Crippen LogP contribution in [0.4, 0.5) is 10.7 Å². The average Bonchev–Trinajstić information content (AvgIpc) is 2.87. The van der Waals surface area contributed by atoms with Gasteiger partial charge in [-0.2, -0.15) is 0 Å². The first-order valence-corrected chi connectivity index (χ1v) is 7.58. The van der Waals surface area contributed by atoms with E-state index in [2.05, 4.69) is 29.3 Å². The summed E-state index contributed by atoms with van der Waals surface area (Å²) >= 11 is 1.37. The number of anilines is 2. The van der Waals surface area contributed by atoms with E-state index in [-0.39, 0.29) is 5.91 Å². The molecule has 0 unspecified atom stereocenters. The molecule has 0 saturated heterocycles. The highest BCUT2D eigenvalue weighted by Crippen LogP contribution is 2.29. The van der Waals surface area contributed by atoms with Gasteiger partial charge >= 0.3 is 0 Å². The Balaban J connectivity index is 1.89. The van der Waals surface area contributed by atoms with Crippen molar-refractivity contribution in [2.45, 2.75) is 6.42 Å². The van der Waals surface area contributed by atoms with Gasteiger partial charge in [-0.15, -0.1) is 17.9 Å². The second kappa shape index (κ2) is 7.50. The zero-order valence-corrected chi connectivity index (χ0v) is 12.6. The molecule has 0 saturated carbocycles. The van der Waals surface area contributed by atoms with Crippen molar-refractivity contribution in [2.75, 3.05) is 24.1 Å². The predicted octanol–water partition coefficient (Wildman–Crippen LogP) is 2.90. The van der Waals surface area contributed by atoms with E-state index in [0.29, 0.717) is 17.1 Å². The molecule has 4 N–H and O–H groups in total. The Morgan fingerprint density at radius 2 is 2.10 bits per heavy atom. The highest BCUT2D eigenvalue weighted by molar-refractivity contribution is 7.18. The van der Waals surface area contributed by atoms with Crippen LogP contribution in [0.5, 0.6) is 0 Å². The first-order chi connectivity index (χ1) is 10.2. The predicted molar refractivity (Wildman–Crippen MR) is 89.9 cm³/mol. The number of nitrogen functional groups attached to an aromatic ring is 1. The number of amides is 1. The van der Waals surface area contributed by atoms with Crippen LogP contribution in [0.1, 0.15) is 15.2 Å². The van der Waals surface area contributed by atoms with Crippen molar-refractivity contribution < 1.29 is 4.79 Å². The standard InChI is InChI=1S/C16H19N3OS/c1-2-9-19-16(20)15-13(17)11-14(21-15)18-10-8-12-6-4-3-5-7-12/h2-7,11,18H,1,8-10,17H2,(H,19,20). The van der Waals surface area contributed by atoms with Crippen LogP contribution in [0.2, 0.25) is 0 Å². The molecule has 2 rings (SSSR count). The smallest absolute Gasteiger partial charge is 0.263 e. The highest BCUT2D eigenvalue weighted by Gasteiger charge is 2.13. The topological polar surface area (TPSA) is 67.2 Å². The fraction of sp³-hybridized carbons (Fsp3) is 0.188. The Morgan fingerprint density at radius 1 is 1.33 bits per heavy atom. The lowest BCUT2D eigenvalue weighted by molar-refractivity contribution is 0.0963. The minimum atomic E-state index is -0.159. The van der Waals surface area contributed by atoms with Crippen molar-refractivity contribution in [3.8, 4) is 0 Å². The van der Waals surface area contributed by atoms with Gasteiger partial charge in [0.2, 0.25) is 0 Å². The first-order valence-electron chi connectivity index (χ1n) is 6.77. The number of nitrogens with one attached hydrogen (secondary N) is 2. The van der Waals surface area contributed by atoms with Gasteiger partial charge in [0.1, 0.15) is 4.88 Å². The molecule has 0 fully saturated rings. The van der Waals surface area contributed by atoms with E-state index in [4.69, 9.17) is 5.73 Å². The summed E-state index contributed by atoms with van der Waals surface area (Å²) in [5, 5.41) is 6.94. The molecule has 0 bridgehead atoms. The molecular weight excluding hydrogens is 282 g/mol. The summed E-state index contributed by atoms with van der Waals surface area (Å²) in [5.41, 5.74) is 7.66. The Bertz CT molecular complexity index is 607. The quantitative estimate of drug-likeness (QED) is 0.689. The number of rotatable bonds is 7. The molecule has 0 radical (unpaired) electrons. The van der Waals surface area contributed by atoms with Crippen LogP contribution in [0.3, 0.4) is 0 Å². The Labute approximate surface area is 128 Å². The van der Waals surface area contributed by atoms with Gasteiger partial charge in [-0.1, -0.05) is 36.4 Å². The molecule has 0 aliphatic rings. The lowest BCUT2D eigenvalue weighted by Crippen LogP contribution is -2.22. The summed E-state index contributed by atoms with van der Waals surface area (Å²) in [6.45, 7) is 4.81. The molecule has 0 spiro atoms. The van der Waals surface area contributed by atoms with E-state index in [1.807, 2.05) is 18.2 Å². The van der Waals surface area contributed by atoms with Crippen molar-refractivity contribution >= 4 is 27.9 Å². The molecule has 5 heteroatoms. The van der Waals surface area contributed by atoms with Crippen molar-refractivity contribution in [3.05, 3.63) is 59.5 Å². The van der Waals surface area contributed by atoms with Crippen LogP contribution >= 0.6 is 11.3 Å². The molecule has 110 valence electrons. The largest absolute Gasteiger partial charge is 0.397 e. The van der Waals surface area contributed by atoms with Crippen LogP contribution < -0.4 is 16.4 Å². The maximum Gasteiger partial charge on any atom is 0.263 e. The molecule has 1 aromatic heterocycles. The fourth-order valence-corrected chi connectivity index (χ4v) is 2.81. The molecule has 1 aromatic carbocycles. The monoisotopic (exact) mass is 301 g/mol. The number of nitrogens with two attached hydrogens (primary N) is 1. The maximum absolute atomic E-state index is 11.9. The molecule has 21 heavy (non-hydrogen) atoms. The van der Waals surface area contributed by atoms with Crippen molar-refractivity contribution in [1.29, 1.82) is 0 Å². The minimum absolute atomic E-state index is 0.159. The summed E-state index contributed by atoms with van der Waals surface area (Å²) in [6.07, 6.45) is 2.57. The lowest BCUT2D eigenvalue weighted by atomic mass is 10.1. The summed E-state index contributed by atoms with van der Waals surface area (Å²) in [4.78, 5) is 12.4. The van der Waals surface area contributed by atoms with Gasteiger partial charge in [-0.05, 0) is 18.1 Å². The maximum atomic E-state index is 11.9. The third kappa shape index (κ3) is 4.36. The van der Waals surface area contributed by atoms with Crippen molar-refractivity contribution in [1.82, 2.24) is 5.32 Å². The molecule has 0 aliphatic carbocycles. The molecule has 2 aromatic rings. The van der Waals surface area contributed by atoms with Crippen LogP contribution in [0, 0.1) is 0 Å². The number of hydrogen-bond acceptors (Lipinski definition) is 4. The van der Waals surface area contributed by atoms with E-state index in [1.54, 1.807) is 12.1 Å². The summed E-state index contributed by atoms with van der Waals surface area (Å²) in [7, 11) is 0. The lowest BCUT2D eigenvalue weighted by Gasteiger charge is -2.03. The zero-order valence-electron chi connectivity index (χ0n) is 11.8. The van der Waals surface area contributed by atoms with Crippen LogP contribution in [-0.4, -0.2) is 19.0 Å². The van der Waals surface area contributed by atoms with E-state index < -0.39 is 0 Å². The molecule has 0 atom stereocenters. The molecule has 1 amide bonds. The number of carbonyl (C=O) groups is 1. The summed E-state index contributed by atoms with van der Waals surface area (Å²) in [6, 6.07) is 12.1. The van der Waals surface area contributed by atoms with Gasteiger partial charge in [-0.25, -0.2) is 0 Å². The third-order valence-corrected chi connectivity index (χ3v) is 4.04. The van der Waals surface area contributed by atoms with E-state index in [0.717, 1.165) is 18.0 Å². The Hall–Kier alpha value is -2.27. The number of carbonyl (C=O) groups excluding carboxylic acids is 1. The van der Waals surface area contributed by atoms with Gasteiger partial charge in [0, 0.05) is 13.1 Å². The van der Waals surface area contributed by atoms with E-state index in [9.17, 15) is 4.79 Å². The average molecular weight is 301 g/mol. The number of benzene rings is 1. The summed E-state index contributed by atoms with van der Waals surface area (Å²) in [5.74, 6) is -0.159. The SMILES string of the molecule is C=CCNC(=O)c1sc(NCCc2ccccc2)cc1N. The fourth-order valence-electron chi connectivity index (χ4n) is 1.89. The van der Waals surface area contributed by atoms with Crippen molar-refractivity contribution in [3.63, 3.8) is 0 Å². The molecular formula is C16H19N3OS. The highest BCUT2D eigenvalue weighted by atomic mass is 32.1. The zero-order chi connectivity index (χ0) is 15.1. The van der Waals surface area contributed by atoms with Gasteiger partial charge in [0.15, 0.2) is 0 Å². The molecule has 4 nitrogen and oxygen atoms in total. The second-order valence-corrected chi connectivity index (χ2v) is 5.61. The number of thiophene rings is 1. The van der Waals surface area contributed by atoms with Gasteiger partial charge in [-0.3, -0.25) is 4.79 Å². The number of hydrogen-bond donors (Lipinski definition) is 3. The van der Waals surface area contributed by atoms with Gasteiger partial charge in [0.05, 0.1) is 10.7 Å². The van der Waals surface area contributed by atoms with Gasteiger partial charge in [0.25, 0.3) is 5.91 Å². The van der Waals surface area contributed by atoms with Gasteiger partial charge < -0.3 is 16.4 Å². The third-order valence-electron chi connectivity index (χ3n) is 2.93. The first kappa shape index (κ1) is 15.1. The van der Waals surface area contributed by atoms with Crippen molar-refractivity contribution in [2.24, 2.45) is 0 Å². The van der Waals surface area contributed by atoms with Crippen LogP contribution in [0.25, 0.3) is 0 Å². The second-order valence-electron chi connectivity index (χ2n) is 4.56. The van der Waals surface area contributed by atoms with E-state index >= 15 is 0 Å². The molecule has 1 heterocycles. The Kier molecular flexibility index (Phi) is 5.40. The Morgan fingerprint density at radius 3 is 2.81 bits per heavy atom. The van der Waals surface area contributed by atoms with Crippen LogP contribution in [-0.2, 0) is 6.42 Å². The molecule has 0 aliphatic heterocycles.